The maximum atomic E-state index is 6.05. The Morgan fingerprint density at radius 2 is 2.29 bits per heavy atom. The molecule has 6 atom stereocenters. The summed E-state index contributed by atoms with van der Waals surface area (Å²) in [7, 11) is 0. The largest absolute Gasteiger partial charge is 0.370 e. The number of ether oxygens (including phenoxy) is 1. The summed E-state index contributed by atoms with van der Waals surface area (Å²) in [6.07, 6.45) is 4.13. The van der Waals surface area contributed by atoms with E-state index in [-0.39, 0.29) is 5.60 Å². The molecule has 1 heterocycles. The first-order valence-electron chi connectivity index (χ1n) is 6.03. The van der Waals surface area contributed by atoms with E-state index in [1.807, 2.05) is 0 Å². The second-order valence-corrected chi connectivity index (χ2v) is 6.55. The summed E-state index contributed by atoms with van der Waals surface area (Å²) in [6, 6.07) is 0. The lowest BCUT2D eigenvalue weighted by atomic mass is 9.66. The van der Waals surface area contributed by atoms with Crippen LogP contribution in [0.15, 0.2) is 11.6 Å². The summed E-state index contributed by atoms with van der Waals surface area (Å²) in [4.78, 5) is 0. The number of rotatable bonds is 0. The van der Waals surface area contributed by atoms with E-state index in [2.05, 4.69) is 19.9 Å². The number of hydrogen-bond acceptors (Lipinski definition) is 1. The lowest BCUT2D eigenvalue weighted by molar-refractivity contribution is -0.0476. The van der Waals surface area contributed by atoms with E-state index in [0.29, 0.717) is 5.41 Å². The van der Waals surface area contributed by atoms with Gasteiger partial charge in [-0.15, -0.1) is 0 Å². The first-order chi connectivity index (χ1) is 6.68. The predicted molar refractivity (Wildman–Crippen MR) is 52.6 cm³/mol. The third kappa shape index (κ3) is 0.389. The maximum Gasteiger partial charge on any atom is 0.0730 e. The molecule has 5 aliphatic carbocycles. The van der Waals surface area contributed by atoms with Gasteiger partial charge in [0.1, 0.15) is 0 Å². The van der Waals surface area contributed by atoms with Crippen LogP contribution in [0.3, 0.4) is 0 Å². The average molecular weight is 188 g/mol. The van der Waals surface area contributed by atoms with Crippen molar-refractivity contribution in [3.05, 3.63) is 11.6 Å². The smallest absolute Gasteiger partial charge is 0.0730 e. The Bertz CT molecular complexity index is 394. The molecule has 6 bridgehead atoms. The summed E-state index contributed by atoms with van der Waals surface area (Å²) in [6.45, 7) is 5.62. The molecule has 14 heavy (non-hydrogen) atoms. The topological polar surface area (TPSA) is 9.23 Å². The van der Waals surface area contributed by atoms with Crippen molar-refractivity contribution in [1.29, 1.82) is 0 Å². The van der Waals surface area contributed by atoms with Crippen LogP contribution in [0.5, 0.6) is 0 Å². The van der Waals surface area contributed by atoms with E-state index >= 15 is 0 Å². The number of allylic oxidation sites excluding steroid dienone is 1. The van der Waals surface area contributed by atoms with Crippen LogP contribution in [0.1, 0.15) is 20.3 Å². The molecule has 0 aromatic carbocycles. The van der Waals surface area contributed by atoms with Crippen LogP contribution in [0.25, 0.3) is 0 Å². The summed E-state index contributed by atoms with van der Waals surface area (Å²) < 4.78 is 6.05. The molecule has 0 aromatic rings. The molecule has 0 aromatic heterocycles. The van der Waals surface area contributed by atoms with Crippen molar-refractivity contribution in [2.75, 3.05) is 6.61 Å². The van der Waals surface area contributed by atoms with Crippen molar-refractivity contribution >= 4 is 0 Å². The maximum absolute atomic E-state index is 6.05. The molecule has 0 N–H and O–H groups in total. The molecule has 6 rings (SSSR count). The van der Waals surface area contributed by atoms with Gasteiger partial charge in [0.2, 0.25) is 0 Å². The minimum Gasteiger partial charge on any atom is -0.370 e. The molecular weight excluding hydrogens is 172 g/mol. The van der Waals surface area contributed by atoms with Crippen LogP contribution in [0, 0.1) is 35.0 Å². The van der Waals surface area contributed by atoms with E-state index in [4.69, 9.17) is 4.74 Å². The molecule has 0 amide bonds. The minimum atomic E-state index is 0.142. The van der Waals surface area contributed by atoms with Crippen molar-refractivity contribution in [3.8, 4) is 0 Å². The molecule has 5 fully saturated rings. The highest BCUT2D eigenvalue weighted by atomic mass is 16.5. The van der Waals surface area contributed by atoms with Crippen LogP contribution in [0.2, 0.25) is 0 Å². The van der Waals surface area contributed by atoms with E-state index in [9.17, 15) is 0 Å². The molecule has 1 heteroatoms. The Balaban J connectivity index is 1.87. The van der Waals surface area contributed by atoms with Gasteiger partial charge in [-0.1, -0.05) is 6.08 Å². The molecule has 6 aliphatic rings. The zero-order chi connectivity index (χ0) is 9.29. The molecule has 1 saturated heterocycles. The standard InChI is InChI=1S/C13H16O/c1-12(2)13-6(5-14-12)3-7-9(13)4-8-10(7)11(8)13/h3,7-11H,4-5H2,1-2H3. The zero-order valence-corrected chi connectivity index (χ0v) is 8.79. The Hall–Kier alpha value is -0.300. The van der Waals surface area contributed by atoms with Crippen molar-refractivity contribution in [1.82, 2.24) is 0 Å². The molecule has 4 saturated carbocycles. The van der Waals surface area contributed by atoms with Gasteiger partial charge in [-0.2, -0.15) is 0 Å². The highest BCUT2D eigenvalue weighted by Crippen LogP contribution is 2.89. The van der Waals surface area contributed by atoms with E-state index in [0.717, 1.165) is 36.2 Å². The van der Waals surface area contributed by atoms with Gasteiger partial charge in [-0.05, 0) is 55.4 Å². The summed E-state index contributed by atoms with van der Waals surface area (Å²) in [5.41, 5.74) is 2.36. The predicted octanol–water partition coefficient (Wildman–Crippen LogP) is 2.23. The minimum absolute atomic E-state index is 0.142. The SMILES string of the molecule is CC1(C)OCC2=CC3C4C5CC3C21C54. The first-order valence-corrected chi connectivity index (χ1v) is 6.03. The van der Waals surface area contributed by atoms with Crippen molar-refractivity contribution in [3.63, 3.8) is 0 Å². The van der Waals surface area contributed by atoms with E-state index in [1.54, 1.807) is 5.57 Å². The second-order valence-electron chi connectivity index (χ2n) is 6.55. The highest BCUT2D eigenvalue weighted by molar-refractivity contribution is 5.48. The molecular formula is C13H16O. The second kappa shape index (κ2) is 1.53. The van der Waals surface area contributed by atoms with Crippen LogP contribution in [-0.4, -0.2) is 12.2 Å². The van der Waals surface area contributed by atoms with Crippen LogP contribution in [0.4, 0.5) is 0 Å². The van der Waals surface area contributed by atoms with Crippen molar-refractivity contribution in [2.45, 2.75) is 25.9 Å². The van der Waals surface area contributed by atoms with E-state index in [1.165, 1.54) is 6.42 Å². The normalized spacial score (nSPS) is 68.4. The molecule has 1 aliphatic heterocycles. The molecule has 0 radical (unpaired) electrons. The van der Waals surface area contributed by atoms with Crippen molar-refractivity contribution in [2.24, 2.45) is 35.0 Å². The third-order valence-electron chi connectivity index (χ3n) is 6.28. The monoisotopic (exact) mass is 188 g/mol. The Labute approximate surface area is 84.5 Å². The summed E-state index contributed by atoms with van der Waals surface area (Å²) in [5.74, 6) is 5.18. The Kier molecular flexibility index (Phi) is 0.771. The quantitative estimate of drug-likeness (QED) is 0.530. The fourth-order valence-corrected chi connectivity index (χ4v) is 6.15. The van der Waals surface area contributed by atoms with Gasteiger partial charge in [0.15, 0.2) is 0 Å². The molecule has 74 valence electrons. The zero-order valence-electron chi connectivity index (χ0n) is 8.79. The lowest BCUT2D eigenvalue weighted by Gasteiger charge is -2.39. The third-order valence-corrected chi connectivity index (χ3v) is 6.28. The van der Waals surface area contributed by atoms with Gasteiger partial charge in [-0.3, -0.25) is 0 Å². The summed E-state index contributed by atoms with van der Waals surface area (Å²) >= 11 is 0. The molecule has 1 spiro atoms. The highest BCUT2D eigenvalue weighted by Gasteiger charge is 2.86. The average Bonchev–Trinajstić information content (AvgIpc) is 2.57. The van der Waals surface area contributed by atoms with Gasteiger partial charge in [0, 0.05) is 5.41 Å². The van der Waals surface area contributed by atoms with Gasteiger partial charge in [-0.25, -0.2) is 0 Å². The first kappa shape index (κ1) is 7.05. The van der Waals surface area contributed by atoms with Crippen LogP contribution in [-0.2, 0) is 4.74 Å². The fraction of sp³-hybridized carbons (Fsp3) is 0.846. The fourth-order valence-electron chi connectivity index (χ4n) is 6.15. The van der Waals surface area contributed by atoms with Gasteiger partial charge in [0.25, 0.3) is 0 Å². The van der Waals surface area contributed by atoms with Gasteiger partial charge < -0.3 is 4.74 Å². The lowest BCUT2D eigenvalue weighted by Crippen LogP contribution is -2.43. The van der Waals surface area contributed by atoms with Gasteiger partial charge in [0.05, 0.1) is 12.2 Å². The Morgan fingerprint density at radius 1 is 1.43 bits per heavy atom. The summed E-state index contributed by atoms with van der Waals surface area (Å²) in [5, 5.41) is 0. The molecule has 6 unspecified atom stereocenters. The van der Waals surface area contributed by atoms with Crippen LogP contribution < -0.4 is 0 Å². The molecule has 1 nitrogen and oxygen atoms in total. The number of hydrogen-bond donors (Lipinski definition) is 0. The van der Waals surface area contributed by atoms with Crippen molar-refractivity contribution < 1.29 is 4.74 Å². The van der Waals surface area contributed by atoms with Crippen LogP contribution >= 0.6 is 0 Å². The van der Waals surface area contributed by atoms with Gasteiger partial charge >= 0.3 is 0 Å². The Morgan fingerprint density at radius 3 is 3.00 bits per heavy atom. The van der Waals surface area contributed by atoms with E-state index < -0.39 is 0 Å².